The second-order valence-corrected chi connectivity index (χ2v) is 4.11. The summed E-state index contributed by atoms with van der Waals surface area (Å²) in [7, 11) is 0. The monoisotopic (exact) mass is 249 g/mol. The molecule has 0 fully saturated rings. The van der Waals surface area contributed by atoms with Crippen LogP contribution in [0.4, 0.5) is 10.5 Å². The van der Waals surface area contributed by atoms with Crippen LogP contribution in [0.15, 0.2) is 30.3 Å². The van der Waals surface area contributed by atoms with Gasteiger partial charge in [0.25, 0.3) is 0 Å². The van der Waals surface area contributed by atoms with Crippen molar-refractivity contribution in [1.82, 2.24) is 10.2 Å². The van der Waals surface area contributed by atoms with Crippen LogP contribution in [0.25, 0.3) is 0 Å². The van der Waals surface area contributed by atoms with Gasteiger partial charge in [-0.2, -0.15) is 0 Å². The highest BCUT2D eigenvalue weighted by Crippen LogP contribution is 2.05. The molecule has 0 heterocycles. The number of para-hydroxylation sites is 1. The zero-order chi connectivity index (χ0) is 13.4. The highest BCUT2D eigenvalue weighted by molar-refractivity contribution is 5.89. The van der Waals surface area contributed by atoms with Crippen LogP contribution >= 0.6 is 0 Å². The van der Waals surface area contributed by atoms with Crippen molar-refractivity contribution in [3.63, 3.8) is 0 Å². The molecule has 1 rings (SSSR count). The number of rotatable bonds is 6. The molecule has 2 amide bonds. The molecule has 1 atom stereocenters. The van der Waals surface area contributed by atoms with Crippen LogP contribution in [0.5, 0.6) is 0 Å². The van der Waals surface area contributed by atoms with Crippen molar-refractivity contribution < 1.29 is 4.79 Å². The van der Waals surface area contributed by atoms with Crippen LogP contribution < -0.4 is 10.6 Å². The number of urea groups is 1. The third-order valence-corrected chi connectivity index (χ3v) is 2.97. The van der Waals surface area contributed by atoms with E-state index in [1.54, 1.807) is 0 Å². The second-order valence-electron chi connectivity index (χ2n) is 4.11. The van der Waals surface area contributed by atoms with Gasteiger partial charge in [0, 0.05) is 5.69 Å². The molecule has 2 N–H and O–H groups in total. The Hall–Kier alpha value is -1.55. The van der Waals surface area contributed by atoms with E-state index in [9.17, 15) is 4.79 Å². The largest absolute Gasteiger partial charge is 0.322 e. The fourth-order valence-electron chi connectivity index (χ4n) is 1.96. The normalized spacial score (nSPS) is 12.2. The van der Waals surface area contributed by atoms with Crippen LogP contribution in [-0.2, 0) is 0 Å². The standard InChI is InChI=1S/C14H23N3O/c1-4-13(17(5-2)6-3)16-14(18)15-12-10-8-7-9-11-12/h7-11,13H,4-6H2,1-3H3,(H2,15,16,18). The summed E-state index contributed by atoms with van der Waals surface area (Å²) in [6, 6.07) is 9.32. The Balaban J connectivity index is 2.52. The Morgan fingerprint density at radius 3 is 2.28 bits per heavy atom. The molecule has 18 heavy (non-hydrogen) atoms. The summed E-state index contributed by atoms with van der Waals surface area (Å²) in [6.45, 7) is 8.14. The fraction of sp³-hybridized carbons (Fsp3) is 0.500. The van der Waals surface area contributed by atoms with Crippen molar-refractivity contribution in [2.24, 2.45) is 0 Å². The Morgan fingerprint density at radius 2 is 1.78 bits per heavy atom. The quantitative estimate of drug-likeness (QED) is 0.761. The third-order valence-electron chi connectivity index (χ3n) is 2.97. The number of benzene rings is 1. The minimum atomic E-state index is -0.153. The Labute approximate surface area is 109 Å². The van der Waals surface area contributed by atoms with Gasteiger partial charge in [-0.25, -0.2) is 4.79 Å². The van der Waals surface area contributed by atoms with Gasteiger partial charge in [-0.15, -0.1) is 0 Å². The summed E-state index contributed by atoms with van der Waals surface area (Å²) in [6.07, 6.45) is 0.980. The van der Waals surface area contributed by atoms with Gasteiger partial charge in [-0.3, -0.25) is 4.90 Å². The van der Waals surface area contributed by atoms with E-state index in [2.05, 4.69) is 36.3 Å². The van der Waals surface area contributed by atoms with Crippen molar-refractivity contribution in [3.8, 4) is 0 Å². The average molecular weight is 249 g/mol. The topological polar surface area (TPSA) is 44.4 Å². The lowest BCUT2D eigenvalue weighted by Gasteiger charge is -2.29. The minimum absolute atomic E-state index is 0.0868. The van der Waals surface area contributed by atoms with E-state index < -0.39 is 0 Å². The van der Waals surface area contributed by atoms with E-state index in [1.165, 1.54) is 0 Å². The van der Waals surface area contributed by atoms with Gasteiger partial charge in [0.15, 0.2) is 0 Å². The zero-order valence-corrected chi connectivity index (χ0v) is 11.4. The van der Waals surface area contributed by atoms with E-state index in [4.69, 9.17) is 0 Å². The number of carbonyl (C=O) groups is 1. The first kappa shape index (κ1) is 14.5. The number of amides is 2. The first-order valence-corrected chi connectivity index (χ1v) is 6.57. The summed E-state index contributed by atoms with van der Waals surface area (Å²) in [5, 5.41) is 5.83. The Bertz CT molecular complexity index is 349. The SMILES string of the molecule is CCC(NC(=O)Nc1ccccc1)N(CC)CC. The molecule has 1 unspecified atom stereocenters. The maximum atomic E-state index is 11.9. The van der Waals surface area contributed by atoms with E-state index in [0.717, 1.165) is 25.2 Å². The van der Waals surface area contributed by atoms with E-state index in [-0.39, 0.29) is 12.2 Å². The van der Waals surface area contributed by atoms with E-state index in [0.29, 0.717) is 0 Å². The number of anilines is 1. The van der Waals surface area contributed by atoms with Crippen molar-refractivity contribution in [3.05, 3.63) is 30.3 Å². The lowest BCUT2D eigenvalue weighted by Crippen LogP contribution is -2.49. The molecule has 0 aliphatic carbocycles. The van der Waals surface area contributed by atoms with Gasteiger partial charge in [-0.05, 0) is 31.6 Å². The molecule has 1 aromatic carbocycles. The molecule has 4 nitrogen and oxygen atoms in total. The van der Waals surface area contributed by atoms with Gasteiger partial charge < -0.3 is 10.6 Å². The van der Waals surface area contributed by atoms with Crippen molar-refractivity contribution in [1.29, 1.82) is 0 Å². The summed E-state index contributed by atoms with van der Waals surface area (Å²) >= 11 is 0. The molecule has 0 aromatic heterocycles. The molecule has 0 saturated heterocycles. The molecular weight excluding hydrogens is 226 g/mol. The maximum Gasteiger partial charge on any atom is 0.320 e. The first-order chi connectivity index (χ1) is 8.71. The molecule has 0 aliphatic heterocycles. The van der Waals surface area contributed by atoms with Gasteiger partial charge in [0.2, 0.25) is 0 Å². The summed E-state index contributed by atoms with van der Waals surface area (Å²) in [5.41, 5.74) is 0.810. The van der Waals surface area contributed by atoms with Gasteiger partial charge in [0.1, 0.15) is 0 Å². The van der Waals surface area contributed by atoms with Gasteiger partial charge in [0.05, 0.1) is 6.17 Å². The number of hydrogen-bond acceptors (Lipinski definition) is 2. The maximum absolute atomic E-state index is 11.9. The van der Waals surface area contributed by atoms with E-state index >= 15 is 0 Å². The molecule has 0 aliphatic rings. The molecule has 0 radical (unpaired) electrons. The zero-order valence-electron chi connectivity index (χ0n) is 11.4. The van der Waals surface area contributed by atoms with Crippen LogP contribution in [0.1, 0.15) is 27.2 Å². The summed E-state index contributed by atoms with van der Waals surface area (Å²) in [5.74, 6) is 0. The highest BCUT2D eigenvalue weighted by atomic mass is 16.2. The Kier molecular flexibility index (Phi) is 6.22. The van der Waals surface area contributed by atoms with Gasteiger partial charge >= 0.3 is 6.03 Å². The number of nitrogens with zero attached hydrogens (tertiary/aromatic N) is 1. The summed E-state index contributed by atoms with van der Waals surface area (Å²) in [4.78, 5) is 14.1. The average Bonchev–Trinajstić information content (AvgIpc) is 2.40. The number of nitrogens with one attached hydrogen (secondary N) is 2. The van der Waals surface area contributed by atoms with Crippen molar-refractivity contribution >= 4 is 11.7 Å². The lowest BCUT2D eigenvalue weighted by molar-refractivity contribution is 0.178. The lowest BCUT2D eigenvalue weighted by atomic mass is 10.3. The Morgan fingerprint density at radius 1 is 1.17 bits per heavy atom. The minimum Gasteiger partial charge on any atom is -0.322 e. The van der Waals surface area contributed by atoms with Gasteiger partial charge in [-0.1, -0.05) is 39.0 Å². The first-order valence-electron chi connectivity index (χ1n) is 6.57. The van der Waals surface area contributed by atoms with E-state index in [1.807, 2.05) is 30.3 Å². The smallest absolute Gasteiger partial charge is 0.320 e. The molecule has 100 valence electrons. The predicted octanol–water partition coefficient (Wildman–Crippen LogP) is 2.89. The third kappa shape index (κ3) is 4.37. The molecule has 0 spiro atoms. The number of carbonyl (C=O) groups excluding carboxylic acids is 1. The second kappa shape index (κ2) is 7.71. The van der Waals surface area contributed by atoms with Crippen LogP contribution in [0.3, 0.4) is 0 Å². The van der Waals surface area contributed by atoms with Crippen LogP contribution in [0.2, 0.25) is 0 Å². The molecule has 0 saturated carbocycles. The molecule has 1 aromatic rings. The summed E-state index contributed by atoms with van der Waals surface area (Å²) < 4.78 is 0. The highest BCUT2D eigenvalue weighted by Gasteiger charge is 2.15. The fourth-order valence-corrected chi connectivity index (χ4v) is 1.96. The predicted molar refractivity (Wildman–Crippen MR) is 75.6 cm³/mol. The van der Waals surface area contributed by atoms with Crippen molar-refractivity contribution in [2.75, 3.05) is 18.4 Å². The molecule has 0 bridgehead atoms. The van der Waals surface area contributed by atoms with Crippen molar-refractivity contribution in [2.45, 2.75) is 33.4 Å². The molecule has 4 heteroatoms. The molecular formula is C14H23N3O. The van der Waals surface area contributed by atoms with Crippen LogP contribution in [0, 0.1) is 0 Å². The number of hydrogen-bond donors (Lipinski definition) is 2. The van der Waals surface area contributed by atoms with Crippen LogP contribution in [-0.4, -0.2) is 30.2 Å².